The number of thiophene rings is 1. The number of hydrogen-bond acceptors (Lipinski definition) is 5. The highest BCUT2D eigenvalue weighted by molar-refractivity contribution is 7.91. The van der Waals surface area contributed by atoms with Crippen molar-refractivity contribution in [3.63, 3.8) is 0 Å². The fourth-order valence-corrected chi connectivity index (χ4v) is 6.81. The van der Waals surface area contributed by atoms with E-state index in [-0.39, 0.29) is 0 Å². The summed E-state index contributed by atoms with van der Waals surface area (Å²) in [5.74, 6) is 0.769. The number of sulfonamides is 1. The largest absolute Gasteiger partial charge is 0.379 e. The van der Waals surface area contributed by atoms with E-state index in [1.54, 1.807) is 13.1 Å². The van der Waals surface area contributed by atoms with Crippen molar-refractivity contribution in [2.45, 2.75) is 49.8 Å². The number of nitrogens with one attached hydrogen (secondary N) is 2. The molecule has 1 aliphatic heterocycles. The zero-order valence-electron chi connectivity index (χ0n) is 16.9. The lowest BCUT2D eigenvalue weighted by atomic mass is 9.83. The molecule has 28 heavy (non-hydrogen) atoms. The van der Waals surface area contributed by atoms with Crippen molar-refractivity contribution in [2.75, 3.05) is 39.9 Å². The van der Waals surface area contributed by atoms with Gasteiger partial charge in [0.1, 0.15) is 4.21 Å². The summed E-state index contributed by atoms with van der Waals surface area (Å²) in [4.78, 5) is 5.29. The Morgan fingerprint density at radius 2 is 1.96 bits per heavy atom. The van der Waals surface area contributed by atoms with Crippen molar-refractivity contribution in [3.05, 3.63) is 17.0 Å². The van der Waals surface area contributed by atoms with Crippen LogP contribution >= 0.6 is 11.3 Å². The minimum Gasteiger partial charge on any atom is -0.379 e. The summed E-state index contributed by atoms with van der Waals surface area (Å²) in [5.41, 5.74) is 0.389. The second-order valence-electron chi connectivity index (χ2n) is 7.58. The zero-order chi connectivity index (χ0) is 20.0. The summed E-state index contributed by atoms with van der Waals surface area (Å²) in [7, 11) is -1.65. The van der Waals surface area contributed by atoms with Crippen molar-refractivity contribution in [3.8, 4) is 0 Å². The van der Waals surface area contributed by atoms with Crippen LogP contribution in [0.15, 0.2) is 21.3 Å². The van der Waals surface area contributed by atoms with Crippen LogP contribution in [0, 0.1) is 5.41 Å². The molecule has 7 nitrogen and oxygen atoms in total. The quantitative estimate of drug-likeness (QED) is 0.515. The highest BCUT2D eigenvalue weighted by Gasteiger charge is 2.32. The molecule has 1 aliphatic carbocycles. The molecule has 2 aliphatic rings. The van der Waals surface area contributed by atoms with E-state index in [1.807, 2.05) is 6.07 Å². The first kappa shape index (κ1) is 21.5. The molecule has 0 spiro atoms. The Morgan fingerprint density at radius 3 is 2.61 bits per heavy atom. The normalized spacial score (nSPS) is 21.0. The van der Waals surface area contributed by atoms with E-state index in [2.05, 4.69) is 22.5 Å². The first-order valence-electron chi connectivity index (χ1n) is 10.1. The Bertz CT molecular complexity index is 764. The van der Waals surface area contributed by atoms with Crippen molar-refractivity contribution in [2.24, 2.45) is 10.4 Å². The fourth-order valence-electron chi connectivity index (χ4n) is 3.95. The molecular weight excluding hydrogens is 396 g/mol. The molecule has 2 fully saturated rings. The Morgan fingerprint density at radius 1 is 1.25 bits per heavy atom. The molecule has 0 radical (unpaired) electrons. The third kappa shape index (κ3) is 5.06. The molecule has 2 N–H and O–H groups in total. The van der Waals surface area contributed by atoms with Crippen LogP contribution in [0.25, 0.3) is 0 Å². The zero-order valence-corrected chi connectivity index (χ0v) is 18.5. The third-order valence-corrected chi connectivity index (χ3v) is 9.35. The van der Waals surface area contributed by atoms with Gasteiger partial charge in [-0.05, 0) is 36.8 Å². The van der Waals surface area contributed by atoms with Gasteiger partial charge in [-0.3, -0.25) is 4.99 Å². The number of morpholine rings is 1. The van der Waals surface area contributed by atoms with Crippen LogP contribution in [-0.2, 0) is 21.3 Å². The molecule has 0 bridgehead atoms. The maximum atomic E-state index is 12.7. The molecule has 0 amide bonds. The van der Waals surface area contributed by atoms with Crippen molar-refractivity contribution < 1.29 is 13.2 Å². The van der Waals surface area contributed by atoms with Gasteiger partial charge < -0.3 is 15.4 Å². The number of rotatable bonds is 7. The van der Waals surface area contributed by atoms with Gasteiger partial charge in [0.25, 0.3) is 10.0 Å². The van der Waals surface area contributed by atoms with Gasteiger partial charge in [-0.15, -0.1) is 11.3 Å². The van der Waals surface area contributed by atoms with E-state index < -0.39 is 10.0 Å². The number of nitrogens with zero attached hydrogens (tertiary/aromatic N) is 2. The number of hydrogen-bond donors (Lipinski definition) is 2. The van der Waals surface area contributed by atoms with E-state index in [0.29, 0.717) is 42.5 Å². The van der Waals surface area contributed by atoms with Crippen LogP contribution in [-0.4, -0.2) is 58.6 Å². The molecule has 1 saturated heterocycles. The third-order valence-electron chi connectivity index (χ3n) is 5.90. The predicted octanol–water partition coefficient (Wildman–Crippen LogP) is 2.40. The fraction of sp³-hybridized carbons (Fsp3) is 0.737. The van der Waals surface area contributed by atoms with Gasteiger partial charge in [0, 0.05) is 31.6 Å². The van der Waals surface area contributed by atoms with E-state index in [0.717, 1.165) is 17.4 Å². The summed E-state index contributed by atoms with van der Waals surface area (Å²) in [6.07, 6.45) is 6.38. The van der Waals surface area contributed by atoms with Crippen LogP contribution in [0.1, 0.15) is 43.9 Å². The highest BCUT2D eigenvalue weighted by Crippen LogP contribution is 2.40. The van der Waals surface area contributed by atoms with Crippen LogP contribution < -0.4 is 10.6 Å². The maximum Gasteiger partial charge on any atom is 0.252 e. The SMILES string of the molecule is CCC1(CNC(=NC)NCc2ccc(S(=O)(=O)N3CCOCC3)s2)CCCC1. The minimum absolute atomic E-state index is 0.389. The van der Waals surface area contributed by atoms with Crippen LogP contribution in [0.4, 0.5) is 0 Å². The molecule has 9 heteroatoms. The van der Waals surface area contributed by atoms with E-state index in [9.17, 15) is 8.42 Å². The maximum absolute atomic E-state index is 12.7. The summed E-state index contributed by atoms with van der Waals surface area (Å²) < 4.78 is 32.6. The molecule has 2 heterocycles. The van der Waals surface area contributed by atoms with Gasteiger partial charge in [-0.1, -0.05) is 19.8 Å². The minimum atomic E-state index is -3.42. The van der Waals surface area contributed by atoms with Gasteiger partial charge in [-0.25, -0.2) is 8.42 Å². The monoisotopic (exact) mass is 428 g/mol. The van der Waals surface area contributed by atoms with Gasteiger partial charge in [-0.2, -0.15) is 4.31 Å². The summed E-state index contributed by atoms with van der Waals surface area (Å²) in [5, 5.41) is 6.78. The molecule has 0 unspecified atom stereocenters. The second kappa shape index (κ2) is 9.56. The number of guanidine groups is 1. The first-order chi connectivity index (χ1) is 13.5. The Kier molecular flexibility index (Phi) is 7.36. The first-order valence-corrected chi connectivity index (χ1v) is 12.4. The standard InChI is InChI=1S/C19H32N4O3S2/c1-3-19(8-4-5-9-19)15-22-18(20-2)21-14-16-6-7-17(27-16)28(24,25)23-10-12-26-13-11-23/h6-7H,3-5,8-15H2,1-2H3,(H2,20,21,22). The molecule has 158 valence electrons. The second-order valence-corrected chi connectivity index (χ2v) is 10.9. The number of aliphatic imine (C=N–C) groups is 1. The average molecular weight is 429 g/mol. The van der Waals surface area contributed by atoms with Gasteiger partial charge in [0.05, 0.1) is 19.8 Å². The smallest absolute Gasteiger partial charge is 0.252 e. The molecule has 0 aromatic carbocycles. The lowest BCUT2D eigenvalue weighted by Crippen LogP contribution is -2.42. The summed E-state index contributed by atoms with van der Waals surface area (Å²) in [6, 6.07) is 3.58. The Labute approximate surface area is 172 Å². The topological polar surface area (TPSA) is 83.0 Å². The average Bonchev–Trinajstić information content (AvgIpc) is 3.39. The molecular formula is C19H32N4O3S2. The summed E-state index contributed by atoms with van der Waals surface area (Å²) >= 11 is 1.32. The lowest BCUT2D eigenvalue weighted by molar-refractivity contribution is 0.0731. The van der Waals surface area contributed by atoms with Crippen LogP contribution in [0.3, 0.4) is 0 Å². The molecule has 1 saturated carbocycles. The van der Waals surface area contributed by atoms with E-state index >= 15 is 0 Å². The Balaban J connectivity index is 1.54. The lowest BCUT2D eigenvalue weighted by Gasteiger charge is -2.28. The Hall–Kier alpha value is -1.16. The molecule has 1 aromatic rings. The highest BCUT2D eigenvalue weighted by atomic mass is 32.2. The van der Waals surface area contributed by atoms with Gasteiger partial charge in [0.2, 0.25) is 0 Å². The van der Waals surface area contributed by atoms with Crippen molar-refractivity contribution in [1.29, 1.82) is 0 Å². The molecule has 3 rings (SSSR count). The molecule has 0 atom stereocenters. The van der Waals surface area contributed by atoms with E-state index in [1.165, 1.54) is 47.7 Å². The van der Waals surface area contributed by atoms with Crippen molar-refractivity contribution in [1.82, 2.24) is 14.9 Å². The number of ether oxygens (including phenoxy) is 1. The van der Waals surface area contributed by atoms with Crippen LogP contribution in [0.5, 0.6) is 0 Å². The molecule has 1 aromatic heterocycles. The predicted molar refractivity (Wildman–Crippen MR) is 113 cm³/mol. The van der Waals surface area contributed by atoms with E-state index in [4.69, 9.17) is 4.74 Å². The van der Waals surface area contributed by atoms with Gasteiger partial charge >= 0.3 is 0 Å². The van der Waals surface area contributed by atoms with Crippen LogP contribution in [0.2, 0.25) is 0 Å². The van der Waals surface area contributed by atoms with Gasteiger partial charge in [0.15, 0.2) is 5.96 Å². The van der Waals surface area contributed by atoms with Crippen molar-refractivity contribution >= 4 is 27.3 Å². The summed E-state index contributed by atoms with van der Waals surface area (Å²) in [6.45, 7) is 5.52.